The zero-order chi connectivity index (χ0) is 14.5. The first-order chi connectivity index (χ1) is 9.60. The molecular formula is C17H20N2O. The molecule has 3 nitrogen and oxygen atoms in total. The van der Waals surface area contributed by atoms with Gasteiger partial charge in [0.1, 0.15) is 0 Å². The van der Waals surface area contributed by atoms with E-state index in [-0.39, 0.29) is 5.91 Å². The quantitative estimate of drug-likeness (QED) is 0.895. The summed E-state index contributed by atoms with van der Waals surface area (Å²) >= 11 is 0. The van der Waals surface area contributed by atoms with E-state index in [0.717, 1.165) is 27.9 Å². The molecule has 1 amide bonds. The fourth-order valence-corrected chi connectivity index (χ4v) is 2.11. The highest BCUT2D eigenvalue weighted by atomic mass is 16.1. The number of nitrogens with two attached hydrogens (primary N) is 1. The van der Waals surface area contributed by atoms with Crippen LogP contribution in [0.25, 0.3) is 0 Å². The molecule has 2 aromatic carbocycles. The van der Waals surface area contributed by atoms with Gasteiger partial charge in [0.05, 0.1) is 6.42 Å². The molecule has 0 radical (unpaired) electrons. The van der Waals surface area contributed by atoms with Gasteiger partial charge in [-0.1, -0.05) is 36.4 Å². The number of aryl methyl sites for hydroxylation is 2. The molecule has 0 bridgehead atoms. The van der Waals surface area contributed by atoms with Crippen LogP contribution >= 0.6 is 0 Å². The molecule has 3 N–H and O–H groups in total. The van der Waals surface area contributed by atoms with Crippen molar-refractivity contribution in [2.45, 2.75) is 26.8 Å². The predicted octanol–water partition coefficient (Wildman–Crippen LogP) is 2.94. The van der Waals surface area contributed by atoms with Crippen molar-refractivity contribution >= 4 is 11.6 Å². The molecule has 20 heavy (non-hydrogen) atoms. The van der Waals surface area contributed by atoms with Gasteiger partial charge in [-0.25, -0.2) is 0 Å². The van der Waals surface area contributed by atoms with Gasteiger partial charge in [0.2, 0.25) is 5.91 Å². The monoisotopic (exact) mass is 268 g/mol. The molecule has 0 saturated heterocycles. The Kier molecular flexibility index (Phi) is 4.53. The fourth-order valence-electron chi connectivity index (χ4n) is 2.11. The van der Waals surface area contributed by atoms with Crippen LogP contribution in [0.15, 0.2) is 42.5 Å². The van der Waals surface area contributed by atoms with Crippen LogP contribution in [0.2, 0.25) is 0 Å². The van der Waals surface area contributed by atoms with Crippen LogP contribution in [0, 0.1) is 13.8 Å². The smallest absolute Gasteiger partial charge is 0.228 e. The highest BCUT2D eigenvalue weighted by Gasteiger charge is 2.08. The Labute approximate surface area is 119 Å². The Bertz CT molecular complexity index is 620. The van der Waals surface area contributed by atoms with Crippen LogP contribution in [0.5, 0.6) is 0 Å². The summed E-state index contributed by atoms with van der Waals surface area (Å²) in [5, 5.41) is 2.97. The summed E-state index contributed by atoms with van der Waals surface area (Å²) < 4.78 is 0. The summed E-state index contributed by atoms with van der Waals surface area (Å²) in [6.07, 6.45) is 0.388. The molecule has 0 aliphatic rings. The molecule has 2 rings (SSSR count). The Morgan fingerprint density at radius 3 is 2.55 bits per heavy atom. The molecule has 0 aliphatic heterocycles. The third-order valence-corrected chi connectivity index (χ3v) is 3.42. The van der Waals surface area contributed by atoms with Crippen molar-refractivity contribution in [1.29, 1.82) is 0 Å². The van der Waals surface area contributed by atoms with Crippen molar-refractivity contribution in [3.05, 3.63) is 64.7 Å². The maximum atomic E-state index is 12.1. The molecule has 0 spiro atoms. The summed E-state index contributed by atoms with van der Waals surface area (Å²) in [5.74, 6) is -0.00317. The van der Waals surface area contributed by atoms with Gasteiger partial charge in [-0.05, 0) is 42.2 Å². The van der Waals surface area contributed by atoms with Crippen LogP contribution in [0.4, 0.5) is 5.69 Å². The summed E-state index contributed by atoms with van der Waals surface area (Å²) in [7, 11) is 0. The van der Waals surface area contributed by atoms with Gasteiger partial charge in [-0.2, -0.15) is 0 Å². The topological polar surface area (TPSA) is 55.1 Å². The predicted molar refractivity (Wildman–Crippen MR) is 82.6 cm³/mol. The average molecular weight is 268 g/mol. The molecular weight excluding hydrogens is 248 g/mol. The Hall–Kier alpha value is -2.13. The zero-order valence-electron chi connectivity index (χ0n) is 11.9. The van der Waals surface area contributed by atoms with Crippen LogP contribution in [-0.2, 0) is 17.8 Å². The van der Waals surface area contributed by atoms with Crippen molar-refractivity contribution < 1.29 is 4.79 Å². The van der Waals surface area contributed by atoms with Crippen LogP contribution in [0.1, 0.15) is 22.3 Å². The van der Waals surface area contributed by atoms with Crippen molar-refractivity contribution in [2.24, 2.45) is 5.73 Å². The standard InChI is InChI=1S/C17H20N2O/c1-12-5-3-4-6-15(12)10-17(20)19-16-9-14(11-18)8-7-13(16)2/h3-9H,10-11,18H2,1-2H3,(H,19,20). The lowest BCUT2D eigenvalue weighted by Gasteiger charge is -2.11. The lowest BCUT2D eigenvalue weighted by atomic mass is 10.1. The Balaban J connectivity index is 2.10. The lowest BCUT2D eigenvalue weighted by molar-refractivity contribution is -0.115. The number of hydrogen-bond acceptors (Lipinski definition) is 2. The van der Waals surface area contributed by atoms with Gasteiger partial charge >= 0.3 is 0 Å². The number of amides is 1. The maximum absolute atomic E-state index is 12.1. The number of nitrogens with one attached hydrogen (secondary N) is 1. The highest BCUT2D eigenvalue weighted by molar-refractivity contribution is 5.93. The van der Waals surface area contributed by atoms with E-state index in [0.29, 0.717) is 13.0 Å². The second-order valence-corrected chi connectivity index (χ2v) is 5.00. The molecule has 104 valence electrons. The van der Waals surface area contributed by atoms with Gasteiger partial charge < -0.3 is 11.1 Å². The van der Waals surface area contributed by atoms with Gasteiger partial charge in [0.25, 0.3) is 0 Å². The first kappa shape index (κ1) is 14.3. The molecule has 0 saturated carbocycles. The Morgan fingerprint density at radius 1 is 1.10 bits per heavy atom. The van der Waals surface area contributed by atoms with Gasteiger partial charge in [0.15, 0.2) is 0 Å². The Morgan fingerprint density at radius 2 is 1.85 bits per heavy atom. The van der Waals surface area contributed by atoms with Crippen LogP contribution in [0.3, 0.4) is 0 Å². The number of benzene rings is 2. The molecule has 0 atom stereocenters. The number of carbonyl (C=O) groups excluding carboxylic acids is 1. The van der Waals surface area contributed by atoms with Crippen LogP contribution in [-0.4, -0.2) is 5.91 Å². The van der Waals surface area contributed by atoms with E-state index in [1.165, 1.54) is 0 Å². The van der Waals surface area contributed by atoms with Crippen molar-refractivity contribution in [3.8, 4) is 0 Å². The summed E-state index contributed by atoms with van der Waals surface area (Å²) in [4.78, 5) is 12.1. The highest BCUT2D eigenvalue weighted by Crippen LogP contribution is 2.17. The van der Waals surface area contributed by atoms with Crippen LogP contribution < -0.4 is 11.1 Å². The molecule has 0 aromatic heterocycles. The van der Waals surface area contributed by atoms with E-state index in [2.05, 4.69) is 5.32 Å². The third-order valence-electron chi connectivity index (χ3n) is 3.42. The minimum Gasteiger partial charge on any atom is -0.326 e. The minimum absolute atomic E-state index is 0.00317. The van der Waals surface area contributed by atoms with E-state index < -0.39 is 0 Å². The van der Waals surface area contributed by atoms with Crippen molar-refractivity contribution in [2.75, 3.05) is 5.32 Å². The first-order valence-corrected chi connectivity index (χ1v) is 6.74. The van der Waals surface area contributed by atoms with Gasteiger partial charge in [0, 0.05) is 12.2 Å². The molecule has 3 heteroatoms. The fraction of sp³-hybridized carbons (Fsp3) is 0.235. The first-order valence-electron chi connectivity index (χ1n) is 6.74. The molecule has 2 aromatic rings. The molecule has 0 unspecified atom stereocenters. The SMILES string of the molecule is Cc1ccccc1CC(=O)Nc1cc(CN)ccc1C. The maximum Gasteiger partial charge on any atom is 0.228 e. The summed E-state index contributed by atoms with van der Waals surface area (Å²) in [5.41, 5.74) is 10.7. The minimum atomic E-state index is -0.00317. The second-order valence-electron chi connectivity index (χ2n) is 5.00. The van der Waals surface area contributed by atoms with E-state index in [4.69, 9.17) is 5.73 Å². The third kappa shape index (κ3) is 3.45. The number of carbonyl (C=O) groups is 1. The van der Waals surface area contributed by atoms with Gasteiger partial charge in [-0.3, -0.25) is 4.79 Å². The average Bonchev–Trinajstić information content (AvgIpc) is 2.44. The molecule has 0 heterocycles. The van der Waals surface area contributed by atoms with Gasteiger partial charge in [-0.15, -0.1) is 0 Å². The molecule has 0 aliphatic carbocycles. The van der Waals surface area contributed by atoms with E-state index in [9.17, 15) is 4.79 Å². The lowest BCUT2D eigenvalue weighted by Crippen LogP contribution is -2.16. The number of anilines is 1. The van der Waals surface area contributed by atoms with Crippen molar-refractivity contribution in [3.63, 3.8) is 0 Å². The van der Waals surface area contributed by atoms with E-state index in [1.807, 2.05) is 56.3 Å². The second kappa shape index (κ2) is 6.35. The normalized spacial score (nSPS) is 10.3. The largest absolute Gasteiger partial charge is 0.326 e. The number of rotatable bonds is 4. The molecule has 0 fully saturated rings. The number of hydrogen-bond donors (Lipinski definition) is 2. The van der Waals surface area contributed by atoms with E-state index in [1.54, 1.807) is 0 Å². The van der Waals surface area contributed by atoms with E-state index >= 15 is 0 Å². The van der Waals surface area contributed by atoms with Crippen molar-refractivity contribution in [1.82, 2.24) is 0 Å². The summed E-state index contributed by atoms with van der Waals surface area (Å²) in [6, 6.07) is 13.8. The zero-order valence-corrected chi connectivity index (χ0v) is 11.9. The summed E-state index contributed by atoms with van der Waals surface area (Å²) in [6.45, 7) is 4.47.